The zero-order valence-corrected chi connectivity index (χ0v) is 9.93. The second-order valence-electron chi connectivity index (χ2n) is 3.67. The van der Waals surface area contributed by atoms with Gasteiger partial charge in [0.15, 0.2) is 6.29 Å². The van der Waals surface area contributed by atoms with E-state index < -0.39 is 0 Å². The summed E-state index contributed by atoms with van der Waals surface area (Å²) < 4.78 is 11.1. The molecule has 0 spiro atoms. The minimum absolute atomic E-state index is 0.213. The molecule has 2 nitrogen and oxygen atoms in total. The van der Waals surface area contributed by atoms with Gasteiger partial charge in [-0.1, -0.05) is 5.57 Å². The van der Waals surface area contributed by atoms with Crippen molar-refractivity contribution >= 4 is 11.6 Å². The average Bonchev–Trinajstić information content (AvgIpc) is 2.49. The number of allylic oxidation sites excluding steroid dienone is 1. The molecule has 0 aliphatic heterocycles. The van der Waals surface area contributed by atoms with Gasteiger partial charge in [0.2, 0.25) is 0 Å². The van der Waals surface area contributed by atoms with Crippen molar-refractivity contribution in [1.29, 1.82) is 0 Å². The van der Waals surface area contributed by atoms with Crippen LogP contribution in [0.4, 0.5) is 0 Å². The number of hydrogen-bond donors (Lipinski definition) is 0. The average molecular weight is 219 g/mol. The van der Waals surface area contributed by atoms with Crippen LogP contribution in [-0.2, 0) is 9.47 Å². The van der Waals surface area contributed by atoms with Gasteiger partial charge in [-0.3, -0.25) is 0 Å². The first-order valence-electron chi connectivity index (χ1n) is 5.18. The van der Waals surface area contributed by atoms with Gasteiger partial charge >= 0.3 is 0 Å². The van der Waals surface area contributed by atoms with Crippen LogP contribution in [0.25, 0.3) is 0 Å². The van der Waals surface area contributed by atoms with E-state index in [1.807, 2.05) is 6.92 Å². The highest BCUT2D eigenvalue weighted by Crippen LogP contribution is 2.29. The van der Waals surface area contributed by atoms with Gasteiger partial charge in [-0.25, -0.2) is 0 Å². The third kappa shape index (κ3) is 2.97. The lowest BCUT2D eigenvalue weighted by Crippen LogP contribution is -2.25. The maximum atomic E-state index is 5.77. The molecule has 0 radical (unpaired) electrons. The van der Waals surface area contributed by atoms with Crippen molar-refractivity contribution in [1.82, 2.24) is 0 Å². The van der Waals surface area contributed by atoms with Gasteiger partial charge in [-0.15, -0.1) is 11.6 Å². The van der Waals surface area contributed by atoms with Crippen LogP contribution in [0.1, 0.15) is 33.6 Å². The Morgan fingerprint density at radius 1 is 1.50 bits per heavy atom. The van der Waals surface area contributed by atoms with E-state index in [-0.39, 0.29) is 12.4 Å². The van der Waals surface area contributed by atoms with Crippen molar-refractivity contribution < 1.29 is 9.47 Å². The topological polar surface area (TPSA) is 18.5 Å². The quantitative estimate of drug-likeness (QED) is 0.401. The Balaban J connectivity index is 2.43. The molecule has 1 aliphatic carbocycles. The smallest absolute Gasteiger partial charge is 0.171 e. The predicted molar refractivity (Wildman–Crippen MR) is 58.6 cm³/mol. The van der Waals surface area contributed by atoms with Gasteiger partial charge in [-0.2, -0.15) is 0 Å². The Labute approximate surface area is 91.2 Å². The Bertz CT molecular complexity index is 213. The molecule has 0 fully saturated rings. The standard InChI is InChI=1S/C11H19ClO2/c1-4-13-11(7-12)14-10-6-5-8(2)9(10)3/h10-11H,4-7H2,1-3H3. The third-order valence-electron chi connectivity index (χ3n) is 2.73. The van der Waals surface area contributed by atoms with Gasteiger partial charge in [0.25, 0.3) is 0 Å². The van der Waals surface area contributed by atoms with Crippen molar-refractivity contribution in [3.05, 3.63) is 11.1 Å². The summed E-state index contributed by atoms with van der Waals surface area (Å²) in [6, 6.07) is 0. The molecule has 0 heterocycles. The summed E-state index contributed by atoms with van der Waals surface area (Å²) in [5, 5.41) is 0. The molecule has 1 aliphatic rings. The molecular formula is C11H19ClO2. The maximum absolute atomic E-state index is 5.77. The van der Waals surface area contributed by atoms with E-state index in [0.29, 0.717) is 12.5 Å². The van der Waals surface area contributed by atoms with Crippen molar-refractivity contribution in [2.24, 2.45) is 0 Å². The van der Waals surface area contributed by atoms with E-state index in [4.69, 9.17) is 21.1 Å². The summed E-state index contributed by atoms with van der Waals surface area (Å²) in [6.07, 6.45) is 2.16. The van der Waals surface area contributed by atoms with E-state index in [2.05, 4.69) is 13.8 Å². The number of ether oxygens (including phenoxy) is 2. The molecule has 0 saturated carbocycles. The Morgan fingerprint density at radius 3 is 2.64 bits per heavy atom. The number of halogens is 1. The molecule has 0 aromatic heterocycles. The number of rotatable bonds is 5. The first-order valence-corrected chi connectivity index (χ1v) is 5.71. The fraction of sp³-hybridized carbons (Fsp3) is 0.818. The van der Waals surface area contributed by atoms with E-state index in [0.717, 1.165) is 12.8 Å². The van der Waals surface area contributed by atoms with E-state index in [1.54, 1.807) is 0 Å². The van der Waals surface area contributed by atoms with Crippen LogP contribution < -0.4 is 0 Å². The molecular weight excluding hydrogens is 200 g/mol. The number of alkyl halides is 1. The monoisotopic (exact) mass is 218 g/mol. The van der Waals surface area contributed by atoms with Gasteiger partial charge < -0.3 is 9.47 Å². The second kappa shape index (κ2) is 5.74. The molecule has 14 heavy (non-hydrogen) atoms. The van der Waals surface area contributed by atoms with Gasteiger partial charge in [0.1, 0.15) is 0 Å². The van der Waals surface area contributed by atoms with Crippen molar-refractivity contribution in [2.45, 2.75) is 46.0 Å². The fourth-order valence-corrected chi connectivity index (χ4v) is 1.86. The largest absolute Gasteiger partial charge is 0.352 e. The van der Waals surface area contributed by atoms with E-state index in [9.17, 15) is 0 Å². The van der Waals surface area contributed by atoms with Crippen LogP contribution >= 0.6 is 11.6 Å². The SMILES string of the molecule is CCOC(CCl)OC1CCC(C)=C1C. The molecule has 82 valence electrons. The number of hydrogen-bond acceptors (Lipinski definition) is 2. The zero-order valence-electron chi connectivity index (χ0n) is 9.18. The predicted octanol–water partition coefficient (Wildman–Crippen LogP) is 3.10. The van der Waals surface area contributed by atoms with Crippen LogP contribution in [0.5, 0.6) is 0 Å². The van der Waals surface area contributed by atoms with E-state index in [1.165, 1.54) is 11.1 Å². The van der Waals surface area contributed by atoms with Crippen LogP contribution in [0.3, 0.4) is 0 Å². The third-order valence-corrected chi connectivity index (χ3v) is 2.98. The molecule has 0 aromatic carbocycles. The highest BCUT2D eigenvalue weighted by atomic mass is 35.5. The van der Waals surface area contributed by atoms with Crippen LogP contribution in [-0.4, -0.2) is 24.9 Å². The van der Waals surface area contributed by atoms with Crippen molar-refractivity contribution in [3.63, 3.8) is 0 Å². The summed E-state index contributed by atoms with van der Waals surface area (Å²) in [6.45, 7) is 6.89. The van der Waals surface area contributed by atoms with Crippen molar-refractivity contribution in [3.8, 4) is 0 Å². The lowest BCUT2D eigenvalue weighted by Gasteiger charge is -2.21. The molecule has 3 heteroatoms. The summed E-state index contributed by atoms with van der Waals surface area (Å²) in [5.74, 6) is 0.399. The summed E-state index contributed by atoms with van der Waals surface area (Å²) in [4.78, 5) is 0. The molecule has 1 rings (SSSR count). The second-order valence-corrected chi connectivity index (χ2v) is 3.97. The maximum Gasteiger partial charge on any atom is 0.171 e. The summed E-state index contributed by atoms with van der Waals surface area (Å²) in [5.41, 5.74) is 2.79. The van der Waals surface area contributed by atoms with Crippen LogP contribution in [0.15, 0.2) is 11.1 Å². The minimum atomic E-state index is -0.257. The first-order chi connectivity index (χ1) is 6.69. The van der Waals surface area contributed by atoms with Gasteiger partial charge in [-0.05, 0) is 39.2 Å². The van der Waals surface area contributed by atoms with Gasteiger partial charge in [0.05, 0.1) is 12.0 Å². The Morgan fingerprint density at radius 2 is 2.21 bits per heavy atom. The zero-order chi connectivity index (χ0) is 10.6. The molecule has 0 bridgehead atoms. The molecule has 0 N–H and O–H groups in total. The Hall–Kier alpha value is -0.0500. The molecule has 2 atom stereocenters. The fourth-order valence-electron chi connectivity index (χ4n) is 1.70. The first kappa shape index (κ1) is 12.0. The van der Waals surface area contributed by atoms with Crippen LogP contribution in [0, 0.1) is 0 Å². The van der Waals surface area contributed by atoms with Crippen molar-refractivity contribution in [2.75, 3.05) is 12.5 Å². The van der Waals surface area contributed by atoms with Gasteiger partial charge in [0, 0.05) is 6.61 Å². The van der Waals surface area contributed by atoms with Crippen LogP contribution in [0.2, 0.25) is 0 Å². The lowest BCUT2D eigenvalue weighted by molar-refractivity contribution is -0.145. The lowest BCUT2D eigenvalue weighted by atomic mass is 10.2. The molecule has 2 unspecified atom stereocenters. The summed E-state index contributed by atoms with van der Waals surface area (Å²) in [7, 11) is 0. The highest BCUT2D eigenvalue weighted by molar-refractivity contribution is 6.18. The molecule has 0 aromatic rings. The molecule has 0 amide bonds. The highest BCUT2D eigenvalue weighted by Gasteiger charge is 2.23. The molecule has 0 saturated heterocycles. The normalized spacial score (nSPS) is 24.4. The Kier molecular flexibility index (Phi) is 4.93. The summed E-state index contributed by atoms with van der Waals surface area (Å²) >= 11 is 5.74. The minimum Gasteiger partial charge on any atom is -0.352 e. The van der Waals surface area contributed by atoms with E-state index >= 15 is 0 Å².